The third-order valence-corrected chi connectivity index (χ3v) is 14.0. The minimum Gasteiger partial charge on any atom is -0.0623 e. The Bertz CT molecular complexity index is 2090. The highest BCUT2D eigenvalue weighted by atomic mass is 28.3. The lowest BCUT2D eigenvalue weighted by Crippen LogP contribution is -2.74. The maximum absolute atomic E-state index is 2.66. The molecule has 0 aliphatic carbocycles. The molecular formula is C44H32Si. The van der Waals surface area contributed by atoms with Crippen molar-refractivity contribution in [3.05, 3.63) is 194 Å². The minimum atomic E-state index is -2.66. The van der Waals surface area contributed by atoms with Crippen molar-refractivity contribution >= 4 is 50.4 Å². The predicted octanol–water partition coefficient (Wildman–Crippen LogP) is 8.70. The van der Waals surface area contributed by atoms with E-state index in [9.17, 15) is 0 Å². The van der Waals surface area contributed by atoms with E-state index >= 15 is 0 Å². The molecule has 0 bridgehead atoms. The number of rotatable bonds is 6. The quantitative estimate of drug-likeness (QED) is 0.104. The lowest BCUT2D eigenvalue weighted by atomic mass is 9.86. The van der Waals surface area contributed by atoms with E-state index < -0.39 is 8.07 Å². The van der Waals surface area contributed by atoms with Crippen molar-refractivity contribution in [1.29, 1.82) is 0 Å². The lowest BCUT2D eigenvalue weighted by molar-refractivity contribution is 1.64. The third-order valence-electron chi connectivity index (χ3n) is 9.20. The Morgan fingerprint density at radius 2 is 0.556 bits per heavy atom. The van der Waals surface area contributed by atoms with Crippen LogP contribution in [0, 0.1) is 0 Å². The van der Waals surface area contributed by atoms with Crippen LogP contribution in [0.25, 0.3) is 43.8 Å². The first-order chi connectivity index (χ1) is 22.4. The van der Waals surface area contributed by atoms with Crippen LogP contribution < -0.4 is 20.7 Å². The molecule has 0 aliphatic rings. The fourth-order valence-electron chi connectivity index (χ4n) is 7.33. The molecule has 8 aromatic carbocycles. The topological polar surface area (TPSA) is 0 Å². The fourth-order valence-corrected chi connectivity index (χ4v) is 12.1. The third kappa shape index (κ3) is 4.52. The van der Waals surface area contributed by atoms with E-state index in [2.05, 4.69) is 194 Å². The molecular weight excluding hydrogens is 557 g/mol. The van der Waals surface area contributed by atoms with Gasteiger partial charge in [-0.1, -0.05) is 194 Å². The molecule has 0 heterocycles. The highest BCUT2D eigenvalue weighted by Crippen LogP contribution is 2.43. The van der Waals surface area contributed by atoms with Crippen LogP contribution in [-0.4, -0.2) is 8.07 Å². The first-order valence-corrected chi connectivity index (χ1v) is 17.6. The van der Waals surface area contributed by atoms with Crippen LogP contribution in [0.5, 0.6) is 0 Å². The van der Waals surface area contributed by atoms with Gasteiger partial charge < -0.3 is 0 Å². The van der Waals surface area contributed by atoms with E-state index in [4.69, 9.17) is 0 Å². The zero-order valence-electron chi connectivity index (χ0n) is 25.0. The summed E-state index contributed by atoms with van der Waals surface area (Å²) in [5.74, 6) is 0. The Morgan fingerprint density at radius 1 is 0.244 bits per heavy atom. The van der Waals surface area contributed by atoms with Crippen LogP contribution >= 0.6 is 0 Å². The Balaban J connectivity index is 1.47. The van der Waals surface area contributed by atoms with Gasteiger partial charge in [-0.3, -0.25) is 0 Å². The normalized spacial score (nSPS) is 11.6. The Labute approximate surface area is 265 Å². The van der Waals surface area contributed by atoms with Gasteiger partial charge in [-0.15, -0.1) is 0 Å². The smallest absolute Gasteiger partial charge is 0.0623 e. The minimum absolute atomic E-state index is 1.24. The van der Waals surface area contributed by atoms with Crippen LogP contribution in [0.4, 0.5) is 0 Å². The van der Waals surface area contributed by atoms with E-state index in [-0.39, 0.29) is 0 Å². The lowest BCUT2D eigenvalue weighted by Gasteiger charge is -2.34. The van der Waals surface area contributed by atoms with Gasteiger partial charge in [0.15, 0.2) is 8.07 Å². The van der Waals surface area contributed by atoms with Crippen molar-refractivity contribution < 1.29 is 0 Å². The van der Waals surface area contributed by atoms with Gasteiger partial charge in [0.2, 0.25) is 0 Å². The van der Waals surface area contributed by atoms with Gasteiger partial charge in [0, 0.05) is 0 Å². The molecule has 0 radical (unpaired) electrons. The molecule has 0 aromatic heterocycles. The largest absolute Gasteiger partial charge is 0.179 e. The second kappa shape index (κ2) is 11.5. The summed E-state index contributed by atoms with van der Waals surface area (Å²) >= 11 is 0. The molecule has 0 N–H and O–H groups in total. The molecule has 0 nitrogen and oxygen atoms in total. The van der Waals surface area contributed by atoms with Crippen LogP contribution in [0.15, 0.2) is 194 Å². The summed E-state index contributed by atoms with van der Waals surface area (Å²) in [5.41, 5.74) is 5.08. The molecule has 45 heavy (non-hydrogen) atoms. The van der Waals surface area contributed by atoms with Crippen LogP contribution in [-0.2, 0) is 0 Å². The molecule has 212 valence electrons. The second-order valence-electron chi connectivity index (χ2n) is 11.6. The first kappa shape index (κ1) is 27.1. The summed E-state index contributed by atoms with van der Waals surface area (Å²) in [6.45, 7) is 0. The fraction of sp³-hybridized carbons (Fsp3) is 0. The summed E-state index contributed by atoms with van der Waals surface area (Å²) in [6, 6.07) is 71.6. The molecule has 8 aromatic rings. The average Bonchev–Trinajstić information content (AvgIpc) is 3.13. The molecule has 0 unspecified atom stereocenters. The van der Waals surface area contributed by atoms with Gasteiger partial charge in [0.1, 0.15) is 0 Å². The summed E-state index contributed by atoms with van der Waals surface area (Å²) in [7, 11) is -2.66. The molecule has 0 amide bonds. The Morgan fingerprint density at radius 3 is 0.978 bits per heavy atom. The van der Waals surface area contributed by atoms with Crippen LogP contribution in [0.1, 0.15) is 0 Å². The maximum atomic E-state index is 2.50. The van der Waals surface area contributed by atoms with E-state index in [1.165, 1.54) is 64.5 Å². The number of benzene rings is 8. The zero-order chi connectivity index (χ0) is 30.1. The monoisotopic (exact) mass is 588 g/mol. The molecule has 0 aliphatic heterocycles. The summed E-state index contributed by atoms with van der Waals surface area (Å²) in [5, 5.41) is 10.6. The van der Waals surface area contributed by atoms with E-state index in [1.54, 1.807) is 0 Å². The van der Waals surface area contributed by atoms with Gasteiger partial charge in [0.05, 0.1) is 0 Å². The van der Waals surface area contributed by atoms with Crippen molar-refractivity contribution in [1.82, 2.24) is 0 Å². The van der Waals surface area contributed by atoms with Gasteiger partial charge >= 0.3 is 0 Å². The standard InChI is InChI=1S/C44H32Si/c1-5-18-33(19-6-1)43-39-28-13-15-30-41(39)44(42-31-16-14-29-40(42)43)34-20-17-27-38(32-34)45(35-21-7-2-8-22-35,36-23-9-3-10-24-36)37-25-11-4-12-26-37/h1-32H. The molecule has 0 fully saturated rings. The molecule has 0 saturated heterocycles. The predicted molar refractivity (Wildman–Crippen MR) is 196 cm³/mol. The van der Waals surface area contributed by atoms with Crippen molar-refractivity contribution in [2.45, 2.75) is 0 Å². The molecule has 0 spiro atoms. The molecule has 0 saturated carbocycles. The van der Waals surface area contributed by atoms with Crippen LogP contribution in [0.2, 0.25) is 0 Å². The van der Waals surface area contributed by atoms with Crippen molar-refractivity contribution in [2.24, 2.45) is 0 Å². The number of hydrogen-bond acceptors (Lipinski definition) is 0. The van der Waals surface area contributed by atoms with Gasteiger partial charge in [-0.2, -0.15) is 0 Å². The Hall–Kier alpha value is -5.50. The summed E-state index contributed by atoms with van der Waals surface area (Å²) in [6.07, 6.45) is 0. The van der Waals surface area contributed by atoms with Gasteiger partial charge in [-0.05, 0) is 64.5 Å². The van der Waals surface area contributed by atoms with Crippen molar-refractivity contribution in [3.63, 3.8) is 0 Å². The van der Waals surface area contributed by atoms with Crippen molar-refractivity contribution in [3.8, 4) is 22.3 Å². The SMILES string of the molecule is c1ccc(-c2c3ccccc3c(-c3cccc([Si](c4ccccc4)(c4ccccc4)c4ccccc4)c3)c3ccccc23)cc1. The molecule has 0 atom stereocenters. The van der Waals surface area contributed by atoms with Crippen molar-refractivity contribution in [2.75, 3.05) is 0 Å². The average molecular weight is 589 g/mol. The molecule has 8 rings (SSSR count). The summed E-state index contributed by atoms with van der Waals surface area (Å²) < 4.78 is 0. The maximum Gasteiger partial charge on any atom is 0.179 e. The zero-order valence-corrected chi connectivity index (χ0v) is 26.0. The van der Waals surface area contributed by atoms with Crippen LogP contribution in [0.3, 0.4) is 0 Å². The summed E-state index contributed by atoms with van der Waals surface area (Å²) in [4.78, 5) is 0. The molecule has 1 heteroatoms. The highest BCUT2D eigenvalue weighted by Gasteiger charge is 2.41. The number of hydrogen-bond donors (Lipinski definition) is 0. The van der Waals surface area contributed by atoms with E-state index in [0.29, 0.717) is 0 Å². The second-order valence-corrected chi connectivity index (χ2v) is 15.4. The Kier molecular flexibility index (Phi) is 6.94. The van der Waals surface area contributed by atoms with Gasteiger partial charge in [0.25, 0.3) is 0 Å². The van der Waals surface area contributed by atoms with E-state index in [1.807, 2.05) is 0 Å². The first-order valence-electron chi connectivity index (χ1n) is 15.6. The highest BCUT2D eigenvalue weighted by molar-refractivity contribution is 7.19. The number of fused-ring (bicyclic) bond motifs is 2. The van der Waals surface area contributed by atoms with E-state index in [0.717, 1.165) is 0 Å². The van der Waals surface area contributed by atoms with Gasteiger partial charge in [-0.25, -0.2) is 0 Å².